The SMILES string of the molecule is CC(C)(C)OC(=O)N(CC(=O)O)C(=O)c1cccc(CN)n1. The molecule has 2 amide bonds. The molecule has 0 aromatic carbocycles. The second kappa shape index (κ2) is 6.99. The summed E-state index contributed by atoms with van der Waals surface area (Å²) in [4.78, 5) is 39.7. The second-order valence-electron chi connectivity index (χ2n) is 5.48. The molecule has 22 heavy (non-hydrogen) atoms. The minimum absolute atomic E-state index is 0.0740. The van der Waals surface area contributed by atoms with Crippen LogP contribution in [0.3, 0.4) is 0 Å². The van der Waals surface area contributed by atoms with Gasteiger partial charge in [0.25, 0.3) is 5.91 Å². The molecule has 0 radical (unpaired) electrons. The van der Waals surface area contributed by atoms with E-state index in [1.165, 1.54) is 6.07 Å². The summed E-state index contributed by atoms with van der Waals surface area (Å²) in [5, 5.41) is 8.89. The number of ether oxygens (including phenoxy) is 1. The van der Waals surface area contributed by atoms with Gasteiger partial charge in [-0.3, -0.25) is 9.59 Å². The van der Waals surface area contributed by atoms with Gasteiger partial charge in [0.1, 0.15) is 17.8 Å². The fourth-order valence-corrected chi connectivity index (χ4v) is 1.52. The molecule has 0 saturated heterocycles. The van der Waals surface area contributed by atoms with E-state index in [1.807, 2.05) is 0 Å². The molecule has 0 aliphatic rings. The summed E-state index contributed by atoms with van der Waals surface area (Å²) in [5.74, 6) is -2.19. The molecule has 3 N–H and O–H groups in total. The number of pyridine rings is 1. The molecule has 1 aromatic rings. The molecule has 1 rings (SSSR count). The third kappa shape index (κ3) is 5.13. The smallest absolute Gasteiger partial charge is 0.417 e. The Morgan fingerprint density at radius 1 is 1.32 bits per heavy atom. The third-order valence-corrected chi connectivity index (χ3v) is 2.39. The number of rotatable bonds is 4. The van der Waals surface area contributed by atoms with Crippen LogP contribution in [0.4, 0.5) is 4.79 Å². The Labute approximate surface area is 127 Å². The van der Waals surface area contributed by atoms with Crippen molar-refractivity contribution in [1.82, 2.24) is 9.88 Å². The van der Waals surface area contributed by atoms with Crippen molar-refractivity contribution in [3.63, 3.8) is 0 Å². The minimum atomic E-state index is -1.34. The Morgan fingerprint density at radius 2 is 1.95 bits per heavy atom. The number of nitrogens with two attached hydrogens (primary N) is 1. The molecule has 120 valence electrons. The van der Waals surface area contributed by atoms with E-state index >= 15 is 0 Å². The van der Waals surface area contributed by atoms with Gasteiger partial charge >= 0.3 is 12.1 Å². The van der Waals surface area contributed by atoms with Crippen molar-refractivity contribution in [3.05, 3.63) is 29.6 Å². The molecule has 1 heterocycles. The van der Waals surface area contributed by atoms with Gasteiger partial charge in [-0.05, 0) is 32.9 Å². The molecular formula is C14H19N3O5. The summed E-state index contributed by atoms with van der Waals surface area (Å²) in [7, 11) is 0. The van der Waals surface area contributed by atoms with E-state index in [2.05, 4.69) is 4.98 Å². The van der Waals surface area contributed by atoms with Crippen molar-refractivity contribution in [2.24, 2.45) is 5.73 Å². The van der Waals surface area contributed by atoms with Crippen LogP contribution in [0.2, 0.25) is 0 Å². The van der Waals surface area contributed by atoms with Gasteiger partial charge in [-0.25, -0.2) is 14.7 Å². The quantitative estimate of drug-likeness (QED) is 0.850. The Hall–Kier alpha value is -2.48. The lowest BCUT2D eigenvalue weighted by atomic mass is 10.2. The fourth-order valence-electron chi connectivity index (χ4n) is 1.52. The van der Waals surface area contributed by atoms with E-state index in [0.29, 0.717) is 10.6 Å². The Bertz CT molecular complexity index is 580. The minimum Gasteiger partial charge on any atom is -0.480 e. The van der Waals surface area contributed by atoms with Gasteiger partial charge in [0, 0.05) is 6.54 Å². The first kappa shape index (κ1) is 17.6. The first-order valence-corrected chi connectivity index (χ1v) is 6.56. The van der Waals surface area contributed by atoms with E-state index in [4.69, 9.17) is 15.6 Å². The highest BCUT2D eigenvalue weighted by Gasteiger charge is 2.30. The van der Waals surface area contributed by atoms with Gasteiger partial charge in [-0.1, -0.05) is 6.07 Å². The predicted octanol–water partition coefficient (Wildman–Crippen LogP) is 1.00. The summed E-state index contributed by atoms with van der Waals surface area (Å²) < 4.78 is 5.05. The Kier molecular flexibility index (Phi) is 5.58. The summed E-state index contributed by atoms with van der Waals surface area (Å²) in [6.45, 7) is 4.14. The molecule has 8 nitrogen and oxygen atoms in total. The zero-order valence-corrected chi connectivity index (χ0v) is 12.7. The average molecular weight is 309 g/mol. The molecule has 0 saturated carbocycles. The summed E-state index contributed by atoms with van der Waals surface area (Å²) in [6, 6.07) is 4.54. The topological polar surface area (TPSA) is 123 Å². The van der Waals surface area contributed by atoms with Crippen molar-refractivity contribution in [2.75, 3.05) is 6.54 Å². The lowest BCUT2D eigenvalue weighted by Gasteiger charge is -2.25. The largest absolute Gasteiger partial charge is 0.480 e. The monoisotopic (exact) mass is 309 g/mol. The zero-order chi connectivity index (χ0) is 16.9. The molecule has 0 bridgehead atoms. The molecule has 0 fully saturated rings. The molecule has 0 atom stereocenters. The van der Waals surface area contributed by atoms with Crippen LogP contribution in [-0.4, -0.2) is 45.1 Å². The zero-order valence-electron chi connectivity index (χ0n) is 12.7. The molecule has 0 unspecified atom stereocenters. The predicted molar refractivity (Wildman–Crippen MR) is 77.0 cm³/mol. The van der Waals surface area contributed by atoms with Crippen molar-refractivity contribution >= 4 is 18.0 Å². The standard InChI is InChI=1S/C14H19N3O5/c1-14(2,3)22-13(21)17(8-11(18)19)12(20)10-6-4-5-9(7-15)16-10/h4-6H,7-8,15H2,1-3H3,(H,18,19). The van der Waals surface area contributed by atoms with Crippen LogP contribution in [0, 0.1) is 0 Å². The number of hydrogen-bond acceptors (Lipinski definition) is 6. The maximum atomic E-state index is 12.3. The second-order valence-corrected chi connectivity index (χ2v) is 5.48. The lowest BCUT2D eigenvalue weighted by molar-refractivity contribution is -0.137. The summed E-state index contributed by atoms with van der Waals surface area (Å²) in [6.07, 6.45) is -1.04. The fraction of sp³-hybridized carbons (Fsp3) is 0.429. The van der Waals surface area contributed by atoms with Gasteiger partial charge in [0.2, 0.25) is 0 Å². The number of carbonyl (C=O) groups excluding carboxylic acids is 2. The van der Waals surface area contributed by atoms with Crippen molar-refractivity contribution in [3.8, 4) is 0 Å². The highest BCUT2D eigenvalue weighted by Crippen LogP contribution is 2.12. The molecule has 0 spiro atoms. The number of hydrogen-bond donors (Lipinski definition) is 2. The van der Waals surface area contributed by atoms with Crippen LogP contribution >= 0.6 is 0 Å². The van der Waals surface area contributed by atoms with Crippen molar-refractivity contribution in [2.45, 2.75) is 32.9 Å². The van der Waals surface area contributed by atoms with E-state index in [9.17, 15) is 14.4 Å². The normalized spacial score (nSPS) is 10.9. The first-order valence-electron chi connectivity index (χ1n) is 6.56. The van der Waals surface area contributed by atoms with Crippen LogP contribution in [0.15, 0.2) is 18.2 Å². The highest BCUT2D eigenvalue weighted by atomic mass is 16.6. The third-order valence-electron chi connectivity index (χ3n) is 2.39. The molecule has 1 aromatic heterocycles. The van der Waals surface area contributed by atoms with Gasteiger partial charge in [-0.15, -0.1) is 0 Å². The van der Waals surface area contributed by atoms with Crippen LogP contribution in [-0.2, 0) is 16.1 Å². The van der Waals surface area contributed by atoms with E-state index in [0.717, 1.165) is 0 Å². The number of nitrogens with zero attached hydrogens (tertiary/aromatic N) is 2. The first-order chi connectivity index (χ1) is 10.1. The van der Waals surface area contributed by atoms with E-state index in [-0.39, 0.29) is 12.2 Å². The van der Waals surface area contributed by atoms with Crippen LogP contribution in [0.1, 0.15) is 37.0 Å². The Morgan fingerprint density at radius 3 is 2.45 bits per heavy atom. The van der Waals surface area contributed by atoms with Crippen molar-refractivity contribution < 1.29 is 24.2 Å². The number of carboxylic acids is 1. The number of amides is 2. The van der Waals surface area contributed by atoms with Crippen LogP contribution in [0.5, 0.6) is 0 Å². The van der Waals surface area contributed by atoms with Gasteiger partial charge < -0.3 is 15.6 Å². The number of carbonyl (C=O) groups is 3. The molecular weight excluding hydrogens is 290 g/mol. The van der Waals surface area contributed by atoms with E-state index in [1.54, 1.807) is 32.9 Å². The molecule has 0 aliphatic carbocycles. The number of imide groups is 1. The van der Waals surface area contributed by atoms with Gasteiger partial charge in [0.05, 0.1) is 5.69 Å². The van der Waals surface area contributed by atoms with Crippen LogP contribution < -0.4 is 5.73 Å². The van der Waals surface area contributed by atoms with Crippen molar-refractivity contribution in [1.29, 1.82) is 0 Å². The molecule has 8 heteroatoms. The Balaban J connectivity index is 3.07. The number of aromatic nitrogens is 1. The van der Waals surface area contributed by atoms with Gasteiger partial charge in [0.15, 0.2) is 0 Å². The molecule has 0 aliphatic heterocycles. The number of aliphatic carboxylic acids is 1. The van der Waals surface area contributed by atoms with E-state index < -0.39 is 30.1 Å². The maximum Gasteiger partial charge on any atom is 0.417 e. The number of carboxylic acid groups (broad SMARTS) is 1. The van der Waals surface area contributed by atoms with Gasteiger partial charge in [-0.2, -0.15) is 0 Å². The maximum absolute atomic E-state index is 12.3. The summed E-state index contributed by atoms with van der Waals surface area (Å²) >= 11 is 0. The van der Waals surface area contributed by atoms with Crippen LogP contribution in [0.25, 0.3) is 0 Å². The average Bonchev–Trinajstić information content (AvgIpc) is 2.42. The highest BCUT2D eigenvalue weighted by molar-refractivity contribution is 6.03. The lowest BCUT2D eigenvalue weighted by Crippen LogP contribution is -2.44. The summed E-state index contributed by atoms with van der Waals surface area (Å²) in [5.41, 5.74) is 4.96.